The lowest BCUT2D eigenvalue weighted by atomic mass is 10.0. The zero-order chi connectivity index (χ0) is 21.3. The molecule has 0 unspecified atom stereocenters. The first-order chi connectivity index (χ1) is 14.3. The highest BCUT2D eigenvalue weighted by atomic mass is 32.2. The number of carbonyl (C=O) groups is 3. The molecular weight excluding hydrogens is 408 g/mol. The molecule has 0 aromatic heterocycles. The highest BCUT2D eigenvalue weighted by Crippen LogP contribution is 2.32. The predicted molar refractivity (Wildman–Crippen MR) is 108 cm³/mol. The number of carbonyl (C=O) groups excluding carboxylic acids is 3. The number of amides is 3. The molecule has 3 fully saturated rings. The SMILES string of the molecule is O=C1CN(S(=O)(=O)c2cccc(C(=O)NC3CCN(C(=O)C4CC4)CC3)c2)CCN1. The summed E-state index contributed by atoms with van der Waals surface area (Å²) in [4.78, 5) is 38.3. The average molecular weight is 435 g/mol. The third-order valence-electron chi connectivity index (χ3n) is 5.81. The van der Waals surface area contributed by atoms with E-state index >= 15 is 0 Å². The molecule has 4 rings (SSSR count). The number of benzene rings is 1. The van der Waals surface area contributed by atoms with Gasteiger partial charge in [-0.3, -0.25) is 14.4 Å². The lowest BCUT2D eigenvalue weighted by Gasteiger charge is -2.32. The minimum Gasteiger partial charge on any atom is -0.354 e. The normalized spacial score (nSPS) is 21.2. The molecule has 2 heterocycles. The Morgan fingerprint density at radius 3 is 2.47 bits per heavy atom. The number of hydrogen-bond acceptors (Lipinski definition) is 5. The van der Waals surface area contributed by atoms with Gasteiger partial charge in [-0.2, -0.15) is 4.31 Å². The topological polar surface area (TPSA) is 116 Å². The number of rotatable bonds is 5. The van der Waals surface area contributed by atoms with Gasteiger partial charge in [-0.15, -0.1) is 0 Å². The van der Waals surface area contributed by atoms with Crippen LogP contribution in [0, 0.1) is 5.92 Å². The molecule has 0 radical (unpaired) electrons. The van der Waals surface area contributed by atoms with Crippen molar-refractivity contribution in [1.82, 2.24) is 19.8 Å². The van der Waals surface area contributed by atoms with Gasteiger partial charge in [0.15, 0.2) is 0 Å². The van der Waals surface area contributed by atoms with Gasteiger partial charge < -0.3 is 15.5 Å². The van der Waals surface area contributed by atoms with E-state index in [2.05, 4.69) is 10.6 Å². The minimum absolute atomic E-state index is 0.00491. The molecule has 2 aliphatic heterocycles. The molecule has 2 N–H and O–H groups in total. The summed E-state index contributed by atoms with van der Waals surface area (Å²) < 4.78 is 26.8. The minimum atomic E-state index is -3.85. The van der Waals surface area contributed by atoms with E-state index in [4.69, 9.17) is 0 Å². The molecule has 0 spiro atoms. The van der Waals surface area contributed by atoms with Crippen LogP contribution in [0.2, 0.25) is 0 Å². The molecule has 1 saturated carbocycles. The van der Waals surface area contributed by atoms with Crippen LogP contribution in [0.1, 0.15) is 36.0 Å². The summed E-state index contributed by atoms with van der Waals surface area (Å²) in [6.45, 7) is 1.50. The summed E-state index contributed by atoms with van der Waals surface area (Å²) in [6.07, 6.45) is 3.34. The van der Waals surface area contributed by atoms with Gasteiger partial charge in [-0.05, 0) is 43.9 Å². The quantitative estimate of drug-likeness (QED) is 0.674. The maximum atomic E-state index is 12.8. The molecule has 3 amide bonds. The average Bonchev–Trinajstić information content (AvgIpc) is 3.59. The van der Waals surface area contributed by atoms with Crippen LogP contribution < -0.4 is 10.6 Å². The Kier molecular flexibility index (Phi) is 5.79. The predicted octanol–water partition coefficient (Wildman–Crippen LogP) is -0.0621. The van der Waals surface area contributed by atoms with Crippen LogP contribution in [0.5, 0.6) is 0 Å². The van der Waals surface area contributed by atoms with Crippen molar-refractivity contribution in [3.63, 3.8) is 0 Å². The first kappa shape index (κ1) is 20.8. The highest BCUT2D eigenvalue weighted by molar-refractivity contribution is 7.89. The van der Waals surface area contributed by atoms with Gasteiger partial charge in [0.2, 0.25) is 21.8 Å². The number of nitrogens with zero attached hydrogens (tertiary/aromatic N) is 2. The van der Waals surface area contributed by atoms with Crippen molar-refractivity contribution < 1.29 is 22.8 Å². The molecule has 1 aromatic carbocycles. The summed E-state index contributed by atoms with van der Waals surface area (Å²) in [5.41, 5.74) is 0.258. The fraction of sp³-hybridized carbons (Fsp3) is 0.550. The number of piperidine rings is 1. The zero-order valence-electron chi connectivity index (χ0n) is 16.7. The number of sulfonamides is 1. The maximum Gasteiger partial charge on any atom is 0.251 e. The first-order valence-corrected chi connectivity index (χ1v) is 11.7. The first-order valence-electron chi connectivity index (χ1n) is 10.3. The Morgan fingerprint density at radius 1 is 1.07 bits per heavy atom. The van der Waals surface area contributed by atoms with Gasteiger partial charge >= 0.3 is 0 Å². The fourth-order valence-corrected chi connectivity index (χ4v) is 5.31. The van der Waals surface area contributed by atoms with Crippen LogP contribution in [-0.2, 0) is 19.6 Å². The molecule has 0 atom stereocenters. The molecule has 30 heavy (non-hydrogen) atoms. The smallest absolute Gasteiger partial charge is 0.251 e. The Balaban J connectivity index is 1.38. The van der Waals surface area contributed by atoms with E-state index in [1.807, 2.05) is 4.90 Å². The van der Waals surface area contributed by atoms with Crippen molar-refractivity contribution in [3.8, 4) is 0 Å². The van der Waals surface area contributed by atoms with E-state index in [-0.39, 0.29) is 59.8 Å². The number of nitrogens with one attached hydrogen (secondary N) is 2. The number of piperazine rings is 1. The molecule has 9 nitrogen and oxygen atoms in total. The second-order valence-corrected chi connectivity index (χ2v) is 10.0. The lowest BCUT2D eigenvalue weighted by molar-refractivity contribution is -0.133. The number of hydrogen-bond donors (Lipinski definition) is 2. The zero-order valence-corrected chi connectivity index (χ0v) is 17.5. The molecular formula is C20H26N4O5S. The monoisotopic (exact) mass is 434 g/mol. The Morgan fingerprint density at radius 2 is 1.80 bits per heavy atom. The molecule has 1 aliphatic carbocycles. The largest absolute Gasteiger partial charge is 0.354 e. The van der Waals surface area contributed by atoms with E-state index in [1.54, 1.807) is 6.07 Å². The third-order valence-corrected chi connectivity index (χ3v) is 7.65. The maximum absolute atomic E-state index is 12.8. The van der Waals surface area contributed by atoms with Crippen LogP contribution in [0.25, 0.3) is 0 Å². The Hall–Kier alpha value is -2.46. The third kappa shape index (κ3) is 4.49. The van der Waals surface area contributed by atoms with Gasteiger partial charge in [0.05, 0.1) is 11.4 Å². The summed E-state index contributed by atoms with van der Waals surface area (Å²) >= 11 is 0. The summed E-state index contributed by atoms with van der Waals surface area (Å²) in [5.74, 6) is -0.253. The van der Waals surface area contributed by atoms with Crippen molar-refractivity contribution in [2.75, 3.05) is 32.7 Å². The van der Waals surface area contributed by atoms with Crippen molar-refractivity contribution in [3.05, 3.63) is 29.8 Å². The van der Waals surface area contributed by atoms with Gasteiger partial charge in [0.25, 0.3) is 5.91 Å². The van der Waals surface area contributed by atoms with Crippen LogP contribution >= 0.6 is 0 Å². The van der Waals surface area contributed by atoms with Crippen molar-refractivity contribution >= 4 is 27.7 Å². The van der Waals surface area contributed by atoms with Crippen LogP contribution in [0.3, 0.4) is 0 Å². The molecule has 0 bridgehead atoms. The van der Waals surface area contributed by atoms with Gasteiger partial charge in [0, 0.05) is 43.7 Å². The lowest BCUT2D eigenvalue weighted by Crippen LogP contribution is -2.49. The summed E-state index contributed by atoms with van der Waals surface area (Å²) in [7, 11) is -3.85. The van der Waals surface area contributed by atoms with E-state index in [0.717, 1.165) is 17.1 Å². The van der Waals surface area contributed by atoms with Gasteiger partial charge in [-0.1, -0.05) is 6.07 Å². The van der Waals surface area contributed by atoms with Gasteiger partial charge in [-0.25, -0.2) is 8.42 Å². The summed E-state index contributed by atoms with van der Waals surface area (Å²) in [5, 5.41) is 5.55. The van der Waals surface area contributed by atoms with E-state index in [9.17, 15) is 22.8 Å². The molecule has 2 saturated heterocycles. The van der Waals surface area contributed by atoms with Crippen molar-refractivity contribution in [2.45, 2.75) is 36.6 Å². The molecule has 10 heteroatoms. The standard InChI is InChI=1S/C20H26N4O5S/c25-18-13-24(11-8-21-18)30(28,29)17-3-1-2-15(12-17)19(26)22-16-6-9-23(10-7-16)20(27)14-4-5-14/h1-3,12,14,16H,4-11,13H2,(H,21,25)(H,22,26). The molecule has 162 valence electrons. The molecule has 1 aromatic rings. The molecule has 3 aliphatic rings. The van der Waals surface area contributed by atoms with Crippen LogP contribution in [-0.4, -0.2) is 74.1 Å². The Bertz CT molecular complexity index is 952. The number of likely N-dealkylation sites (tertiary alicyclic amines) is 1. The fourth-order valence-electron chi connectivity index (χ4n) is 3.87. The van der Waals surface area contributed by atoms with Gasteiger partial charge in [0.1, 0.15) is 0 Å². The highest BCUT2D eigenvalue weighted by Gasteiger charge is 2.35. The van der Waals surface area contributed by atoms with Crippen LogP contribution in [0.15, 0.2) is 29.2 Å². The second kappa shape index (κ2) is 8.35. The second-order valence-electron chi connectivity index (χ2n) is 8.06. The van der Waals surface area contributed by atoms with E-state index in [1.165, 1.54) is 18.2 Å². The summed E-state index contributed by atoms with van der Waals surface area (Å²) in [6, 6.07) is 5.83. The van der Waals surface area contributed by atoms with Crippen molar-refractivity contribution in [1.29, 1.82) is 0 Å². The van der Waals surface area contributed by atoms with E-state index in [0.29, 0.717) is 25.9 Å². The van der Waals surface area contributed by atoms with Crippen molar-refractivity contribution in [2.24, 2.45) is 5.92 Å². The van der Waals surface area contributed by atoms with Crippen LogP contribution in [0.4, 0.5) is 0 Å². The Labute approximate surface area is 175 Å². The van der Waals surface area contributed by atoms with E-state index < -0.39 is 10.0 Å².